The van der Waals surface area contributed by atoms with Crippen LogP contribution in [0.5, 0.6) is 0 Å². The number of pyridine rings is 1. The number of aromatic carboxylic acids is 1. The van der Waals surface area contributed by atoms with Crippen LogP contribution in [0.25, 0.3) is 22.3 Å². The fourth-order valence-corrected chi connectivity index (χ4v) is 2.19. The smallest absolute Gasteiger partial charge is 0.354 e. The normalized spacial score (nSPS) is 10.3. The summed E-state index contributed by atoms with van der Waals surface area (Å²) in [4.78, 5) is 35.0. The topological polar surface area (TPSA) is 105 Å². The number of nitrogens with one attached hydrogen (secondary N) is 1. The number of benzene rings is 1. The molecule has 0 radical (unpaired) electrons. The first-order valence-electron chi connectivity index (χ1n) is 6.97. The maximum absolute atomic E-state index is 11.6. The van der Waals surface area contributed by atoms with Gasteiger partial charge in [-0.3, -0.25) is 9.78 Å². The molecule has 2 N–H and O–H groups in total. The monoisotopic (exact) mass is 320 g/mol. The predicted molar refractivity (Wildman–Crippen MR) is 88.6 cm³/mol. The highest BCUT2D eigenvalue weighted by Gasteiger charge is 2.10. The zero-order valence-electron chi connectivity index (χ0n) is 12.4. The van der Waals surface area contributed by atoms with E-state index in [2.05, 4.69) is 26.8 Å². The summed E-state index contributed by atoms with van der Waals surface area (Å²) in [6.45, 7) is 3.42. The predicted octanol–water partition coefficient (Wildman–Crippen LogP) is 2.51. The second-order valence-corrected chi connectivity index (χ2v) is 4.85. The lowest BCUT2D eigenvalue weighted by Gasteiger charge is -2.08. The molecular weight excluding hydrogens is 308 g/mol. The van der Waals surface area contributed by atoms with Gasteiger partial charge in [-0.25, -0.2) is 14.8 Å². The molecule has 0 atom stereocenters. The number of nitrogens with zero attached hydrogens (tertiary/aromatic N) is 3. The van der Waals surface area contributed by atoms with E-state index in [4.69, 9.17) is 5.11 Å². The van der Waals surface area contributed by atoms with E-state index in [0.717, 1.165) is 0 Å². The number of hydrogen-bond donors (Lipinski definition) is 2. The molecule has 2 aromatic heterocycles. The summed E-state index contributed by atoms with van der Waals surface area (Å²) in [6.07, 6.45) is 4.15. The second-order valence-electron chi connectivity index (χ2n) is 4.85. The summed E-state index contributed by atoms with van der Waals surface area (Å²) in [7, 11) is 0. The molecule has 0 spiro atoms. The molecule has 1 amide bonds. The van der Waals surface area contributed by atoms with Crippen molar-refractivity contribution in [1.82, 2.24) is 15.0 Å². The number of hydrogen-bond acceptors (Lipinski definition) is 5. The summed E-state index contributed by atoms with van der Waals surface area (Å²) in [5, 5.41) is 12.4. The summed E-state index contributed by atoms with van der Waals surface area (Å²) >= 11 is 0. The minimum atomic E-state index is -1.12. The second kappa shape index (κ2) is 6.25. The number of carbonyl (C=O) groups excluding carboxylic acids is 1. The van der Waals surface area contributed by atoms with Gasteiger partial charge in [0.1, 0.15) is 0 Å². The number of fused-ring (bicyclic) bond motifs is 1. The molecular formula is C17H12N4O3. The highest BCUT2D eigenvalue weighted by Crippen LogP contribution is 2.26. The standard InChI is InChI=1S/C17H12N4O3/c1-2-15(22)20-13-5-7-18-12-4-3-10(9-11(12)13)16-19-8-6-14(21-16)17(23)24/h2-9H,1H2,(H,23,24)(H,18,20,22). The van der Waals surface area contributed by atoms with Crippen molar-refractivity contribution in [3.63, 3.8) is 0 Å². The van der Waals surface area contributed by atoms with E-state index < -0.39 is 5.97 Å². The van der Waals surface area contributed by atoms with Crippen LogP contribution in [0.1, 0.15) is 10.5 Å². The Morgan fingerprint density at radius 1 is 1.12 bits per heavy atom. The first-order chi connectivity index (χ1) is 11.6. The molecule has 3 aromatic rings. The van der Waals surface area contributed by atoms with Crippen LogP contribution < -0.4 is 5.32 Å². The van der Waals surface area contributed by atoms with Crippen LogP contribution in [-0.2, 0) is 4.79 Å². The average molecular weight is 320 g/mol. The van der Waals surface area contributed by atoms with E-state index in [1.807, 2.05) is 0 Å². The summed E-state index contributed by atoms with van der Waals surface area (Å²) < 4.78 is 0. The molecule has 0 saturated heterocycles. The largest absolute Gasteiger partial charge is 0.477 e. The van der Waals surface area contributed by atoms with Crippen molar-refractivity contribution in [1.29, 1.82) is 0 Å². The van der Waals surface area contributed by atoms with Crippen LogP contribution in [-0.4, -0.2) is 31.9 Å². The molecule has 0 unspecified atom stereocenters. The number of rotatable bonds is 4. The first-order valence-corrected chi connectivity index (χ1v) is 6.97. The van der Waals surface area contributed by atoms with Gasteiger partial charge in [0.15, 0.2) is 11.5 Å². The highest BCUT2D eigenvalue weighted by atomic mass is 16.4. The van der Waals surface area contributed by atoms with Crippen LogP contribution in [0.3, 0.4) is 0 Å². The Labute approximate surface area is 136 Å². The molecule has 0 aliphatic carbocycles. The summed E-state index contributed by atoms with van der Waals surface area (Å²) in [6, 6.07) is 8.24. The lowest BCUT2D eigenvalue weighted by molar-refractivity contribution is -0.111. The van der Waals surface area contributed by atoms with Crippen LogP contribution in [0.2, 0.25) is 0 Å². The van der Waals surface area contributed by atoms with Crippen LogP contribution in [0.4, 0.5) is 5.69 Å². The van der Waals surface area contributed by atoms with Gasteiger partial charge < -0.3 is 10.4 Å². The third kappa shape index (κ3) is 2.95. The first kappa shape index (κ1) is 15.3. The zero-order valence-corrected chi connectivity index (χ0v) is 12.4. The van der Waals surface area contributed by atoms with E-state index >= 15 is 0 Å². The Morgan fingerprint density at radius 3 is 2.67 bits per heavy atom. The molecule has 2 heterocycles. The van der Waals surface area contributed by atoms with Gasteiger partial charge in [0.25, 0.3) is 0 Å². The Hall–Kier alpha value is -3.61. The minimum absolute atomic E-state index is 0.0912. The number of anilines is 1. The van der Waals surface area contributed by atoms with E-state index in [0.29, 0.717) is 22.2 Å². The van der Waals surface area contributed by atoms with Crippen LogP contribution in [0.15, 0.2) is 55.4 Å². The van der Waals surface area contributed by atoms with Crippen molar-refractivity contribution in [3.8, 4) is 11.4 Å². The van der Waals surface area contributed by atoms with Crippen molar-refractivity contribution < 1.29 is 14.7 Å². The van der Waals surface area contributed by atoms with Gasteiger partial charge in [-0.2, -0.15) is 0 Å². The molecule has 0 aliphatic rings. The van der Waals surface area contributed by atoms with Crippen molar-refractivity contribution in [3.05, 3.63) is 61.1 Å². The van der Waals surface area contributed by atoms with Crippen molar-refractivity contribution >= 4 is 28.5 Å². The van der Waals surface area contributed by atoms with Crippen molar-refractivity contribution in [2.45, 2.75) is 0 Å². The number of aromatic nitrogens is 3. The quantitative estimate of drug-likeness (QED) is 0.716. The maximum atomic E-state index is 11.6. The molecule has 0 bridgehead atoms. The van der Waals surface area contributed by atoms with Gasteiger partial charge in [-0.05, 0) is 36.4 Å². The number of carboxylic acid groups (broad SMARTS) is 1. The Bertz CT molecular complexity index is 969. The van der Waals surface area contributed by atoms with Gasteiger partial charge >= 0.3 is 5.97 Å². The zero-order chi connectivity index (χ0) is 17.1. The van der Waals surface area contributed by atoms with E-state index in [9.17, 15) is 9.59 Å². The number of carbonyl (C=O) groups is 2. The molecule has 0 fully saturated rings. The van der Waals surface area contributed by atoms with Gasteiger partial charge in [-0.15, -0.1) is 0 Å². The number of carboxylic acids is 1. The third-order valence-corrected chi connectivity index (χ3v) is 3.32. The summed E-state index contributed by atoms with van der Waals surface area (Å²) in [5.74, 6) is -1.18. The Balaban J connectivity index is 2.12. The molecule has 1 aromatic carbocycles. The van der Waals surface area contributed by atoms with Gasteiger partial charge in [0, 0.05) is 23.3 Å². The molecule has 0 aliphatic heterocycles. The van der Waals surface area contributed by atoms with Gasteiger partial charge in [-0.1, -0.05) is 6.58 Å². The van der Waals surface area contributed by atoms with E-state index in [1.165, 1.54) is 18.3 Å². The third-order valence-electron chi connectivity index (χ3n) is 3.32. The molecule has 24 heavy (non-hydrogen) atoms. The molecule has 3 rings (SSSR count). The molecule has 7 heteroatoms. The summed E-state index contributed by atoms with van der Waals surface area (Å²) in [5.41, 5.74) is 1.77. The lowest BCUT2D eigenvalue weighted by Crippen LogP contribution is -2.08. The Kier molecular flexibility index (Phi) is 3.98. The van der Waals surface area contributed by atoms with E-state index in [-0.39, 0.29) is 17.4 Å². The fourth-order valence-electron chi connectivity index (χ4n) is 2.19. The Morgan fingerprint density at radius 2 is 1.92 bits per heavy atom. The highest BCUT2D eigenvalue weighted by molar-refractivity contribution is 6.05. The van der Waals surface area contributed by atoms with Gasteiger partial charge in [0.2, 0.25) is 5.91 Å². The number of amides is 1. The minimum Gasteiger partial charge on any atom is -0.477 e. The average Bonchev–Trinajstić information content (AvgIpc) is 2.61. The van der Waals surface area contributed by atoms with Crippen LogP contribution >= 0.6 is 0 Å². The molecule has 0 saturated carbocycles. The van der Waals surface area contributed by atoms with Crippen LogP contribution in [0, 0.1) is 0 Å². The van der Waals surface area contributed by atoms with Crippen molar-refractivity contribution in [2.75, 3.05) is 5.32 Å². The molecule has 118 valence electrons. The lowest BCUT2D eigenvalue weighted by atomic mass is 10.1. The maximum Gasteiger partial charge on any atom is 0.354 e. The molecule has 7 nitrogen and oxygen atoms in total. The van der Waals surface area contributed by atoms with E-state index in [1.54, 1.807) is 30.5 Å². The SMILES string of the molecule is C=CC(=O)Nc1ccnc2ccc(-c3nccc(C(=O)O)n3)cc12. The van der Waals surface area contributed by atoms with Gasteiger partial charge in [0.05, 0.1) is 11.2 Å². The fraction of sp³-hybridized carbons (Fsp3) is 0. The van der Waals surface area contributed by atoms with Crippen molar-refractivity contribution in [2.24, 2.45) is 0 Å².